The molecule has 3 aromatic rings. The van der Waals surface area contributed by atoms with Crippen molar-refractivity contribution in [3.05, 3.63) is 52.6 Å². The van der Waals surface area contributed by atoms with Gasteiger partial charge in [0.1, 0.15) is 30.2 Å². The highest BCUT2D eigenvalue weighted by Gasteiger charge is 2.54. The number of para-hydroxylation sites is 1. The second-order valence-corrected chi connectivity index (χ2v) is 9.09. The van der Waals surface area contributed by atoms with Crippen LogP contribution < -0.4 is 5.73 Å². The molecule has 2 fully saturated rings. The van der Waals surface area contributed by atoms with Crippen LogP contribution >= 0.6 is 7.82 Å². The van der Waals surface area contributed by atoms with Crippen LogP contribution in [0.5, 0.6) is 0 Å². The van der Waals surface area contributed by atoms with Crippen molar-refractivity contribution in [1.82, 2.24) is 19.5 Å². The third kappa shape index (κ3) is 3.76. The Kier molecular flexibility index (Phi) is 5.35. The van der Waals surface area contributed by atoms with Gasteiger partial charge in [-0.2, -0.15) is 0 Å². The number of rotatable bonds is 5. The van der Waals surface area contributed by atoms with Gasteiger partial charge < -0.3 is 15.6 Å². The summed E-state index contributed by atoms with van der Waals surface area (Å²) >= 11 is 0. The number of nitro groups is 1. The largest absolute Gasteiger partial charge is 0.475 e. The lowest BCUT2D eigenvalue weighted by atomic mass is 10.1. The number of aliphatic hydroxyl groups excluding tert-OH is 1. The maximum Gasteiger partial charge on any atom is 0.475 e. The molecule has 2 aliphatic heterocycles. The number of nitrogen functional groups attached to an aromatic ring is 1. The SMILES string of the molecule is C[C@H](O[P@@]1(=O)OC[C@H]2O[C@@H](n3cnc4c(N)ncnc43)[C@H](O)[C@@H]2O1)c1ccccc1[N+](=O)[O-]. The lowest BCUT2D eigenvalue weighted by Crippen LogP contribution is -2.39. The fraction of sp³-hybridized carbons (Fsp3) is 0.389. The monoisotopic (exact) mass is 478 g/mol. The Balaban J connectivity index is 1.36. The van der Waals surface area contributed by atoms with Crippen molar-refractivity contribution in [2.24, 2.45) is 0 Å². The Bertz CT molecular complexity index is 1270. The van der Waals surface area contributed by atoms with Gasteiger partial charge in [0.15, 0.2) is 17.7 Å². The number of nitrogens with two attached hydrogens (primary N) is 1. The molecular formula is C18H19N6O8P. The number of hydrogen-bond acceptors (Lipinski definition) is 12. The molecule has 0 unspecified atom stereocenters. The van der Waals surface area contributed by atoms with Crippen LogP contribution in [0.3, 0.4) is 0 Å². The minimum Gasteiger partial charge on any atom is -0.386 e. The number of benzene rings is 1. The number of ether oxygens (including phenoxy) is 1. The molecule has 0 saturated carbocycles. The molecule has 174 valence electrons. The number of phosphoric acid groups is 1. The van der Waals surface area contributed by atoms with Gasteiger partial charge in [-0.15, -0.1) is 0 Å². The number of anilines is 1. The zero-order chi connectivity index (χ0) is 23.3. The summed E-state index contributed by atoms with van der Waals surface area (Å²) in [5, 5.41) is 22.2. The first-order chi connectivity index (χ1) is 15.8. The normalized spacial score (nSPS) is 30.2. The topological polar surface area (TPSA) is 187 Å². The van der Waals surface area contributed by atoms with Crippen molar-refractivity contribution in [3.8, 4) is 0 Å². The van der Waals surface area contributed by atoms with Gasteiger partial charge in [-0.1, -0.05) is 12.1 Å². The Hall–Kier alpha value is -3.00. The van der Waals surface area contributed by atoms with Gasteiger partial charge in [0.25, 0.3) is 5.69 Å². The van der Waals surface area contributed by atoms with Crippen molar-refractivity contribution < 1.29 is 32.9 Å². The molecule has 6 atom stereocenters. The summed E-state index contributed by atoms with van der Waals surface area (Å²) < 4.78 is 36.9. The summed E-state index contributed by atoms with van der Waals surface area (Å²) in [6.45, 7) is 1.30. The van der Waals surface area contributed by atoms with Crippen molar-refractivity contribution >= 4 is 30.5 Å². The highest BCUT2D eigenvalue weighted by Crippen LogP contribution is 2.59. The van der Waals surface area contributed by atoms with Crippen LogP contribution in [0, 0.1) is 10.1 Å². The predicted octanol–water partition coefficient (Wildman–Crippen LogP) is 1.88. The Labute approximate surface area is 186 Å². The summed E-state index contributed by atoms with van der Waals surface area (Å²) in [4.78, 5) is 22.9. The van der Waals surface area contributed by atoms with Gasteiger partial charge in [-0.25, -0.2) is 19.5 Å². The first-order valence-corrected chi connectivity index (χ1v) is 11.3. The molecule has 3 N–H and O–H groups in total. The Morgan fingerprint density at radius 1 is 1.36 bits per heavy atom. The number of phosphoric ester groups is 1. The van der Waals surface area contributed by atoms with Gasteiger partial charge >= 0.3 is 7.82 Å². The summed E-state index contributed by atoms with van der Waals surface area (Å²) in [5.41, 5.74) is 6.51. The smallest absolute Gasteiger partial charge is 0.386 e. The lowest BCUT2D eigenvalue weighted by Gasteiger charge is -2.32. The maximum absolute atomic E-state index is 13.2. The molecule has 2 aliphatic rings. The molecule has 0 aliphatic carbocycles. The highest BCUT2D eigenvalue weighted by molar-refractivity contribution is 7.48. The predicted molar refractivity (Wildman–Crippen MR) is 111 cm³/mol. The first-order valence-electron chi connectivity index (χ1n) is 9.88. The number of imidazole rings is 1. The highest BCUT2D eigenvalue weighted by atomic mass is 31.2. The molecule has 0 amide bonds. The van der Waals surface area contributed by atoms with Crippen molar-refractivity contribution in [2.45, 2.75) is 37.6 Å². The average Bonchev–Trinajstić information content (AvgIpc) is 3.35. The van der Waals surface area contributed by atoms with E-state index in [1.165, 1.54) is 42.3 Å². The number of aliphatic hydroxyl groups is 1. The van der Waals surface area contributed by atoms with E-state index in [1.807, 2.05) is 0 Å². The molecule has 15 heteroatoms. The van der Waals surface area contributed by atoms with Crippen LogP contribution in [0.2, 0.25) is 0 Å². The number of aromatic nitrogens is 4. The van der Waals surface area contributed by atoms with Gasteiger partial charge in [0.2, 0.25) is 0 Å². The van der Waals surface area contributed by atoms with Crippen LogP contribution in [0.25, 0.3) is 11.2 Å². The van der Waals surface area contributed by atoms with E-state index >= 15 is 0 Å². The molecule has 33 heavy (non-hydrogen) atoms. The summed E-state index contributed by atoms with van der Waals surface area (Å²) in [7, 11) is -4.18. The van der Waals surface area contributed by atoms with Crippen molar-refractivity contribution in [2.75, 3.05) is 12.3 Å². The third-order valence-corrected chi connectivity index (χ3v) is 7.02. The maximum atomic E-state index is 13.2. The molecule has 0 spiro atoms. The minimum atomic E-state index is -4.18. The van der Waals surface area contributed by atoms with E-state index in [0.717, 1.165) is 0 Å². The summed E-state index contributed by atoms with van der Waals surface area (Å²) in [5.74, 6) is 0.171. The average molecular weight is 478 g/mol. The lowest BCUT2D eigenvalue weighted by molar-refractivity contribution is -0.386. The molecule has 0 bridgehead atoms. The van der Waals surface area contributed by atoms with Gasteiger partial charge in [0.05, 0.1) is 29.5 Å². The van der Waals surface area contributed by atoms with Crippen molar-refractivity contribution in [1.29, 1.82) is 0 Å². The van der Waals surface area contributed by atoms with E-state index < -0.39 is 43.4 Å². The van der Waals surface area contributed by atoms with Gasteiger partial charge in [0, 0.05) is 6.07 Å². The van der Waals surface area contributed by atoms with E-state index in [-0.39, 0.29) is 23.7 Å². The number of fused-ring (bicyclic) bond motifs is 2. The van der Waals surface area contributed by atoms with E-state index in [0.29, 0.717) is 11.2 Å². The van der Waals surface area contributed by atoms with Crippen LogP contribution in [-0.2, 0) is 22.9 Å². The molecule has 14 nitrogen and oxygen atoms in total. The van der Waals surface area contributed by atoms with Gasteiger partial charge in [-0.3, -0.25) is 28.3 Å². The Morgan fingerprint density at radius 3 is 2.94 bits per heavy atom. The summed E-state index contributed by atoms with van der Waals surface area (Å²) in [6.07, 6.45) is -2.38. The quantitative estimate of drug-likeness (QED) is 0.308. The fourth-order valence-electron chi connectivity index (χ4n) is 3.92. The Morgan fingerprint density at radius 2 is 2.15 bits per heavy atom. The molecule has 4 heterocycles. The minimum absolute atomic E-state index is 0.171. The summed E-state index contributed by atoms with van der Waals surface area (Å²) in [6, 6.07) is 5.92. The molecule has 2 aromatic heterocycles. The number of nitro benzene ring substituents is 1. The number of hydrogen-bond donors (Lipinski definition) is 2. The zero-order valence-corrected chi connectivity index (χ0v) is 18.0. The zero-order valence-electron chi connectivity index (χ0n) is 17.1. The third-order valence-electron chi connectivity index (χ3n) is 5.48. The second-order valence-electron chi connectivity index (χ2n) is 7.52. The van der Waals surface area contributed by atoms with E-state index in [9.17, 15) is 19.8 Å². The van der Waals surface area contributed by atoms with Crippen LogP contribution in [0.1, 0.15) is 24.8 Å². The van der Waals surface area contributed by atoms with E-state index in [1.54, 1.807) is 6.07 Å². The second kappa shape index (κ2) is 8.09. The number of nitrogens with zero attached hydrogens (tertiary/aromatic N) is 5. The molecular weight excluding hydrogens is 459 g/mol. The molecule has 5 rings (SSSR count). The first kappa shape index (κ1) is 21.8. The van der Waals surface area contributed by atoms with Gasteiger partial charge in [-0.05, 0) is 13.0 Å². The standard InChI is InChI=1S/C18H19N6O8P/c1-9(10-4-2-3-5-11(10)24(26)27)31-33(28)29-6-12-15(32-33)14(25)18(30-12)23-8-22-13-16(19)20-7-21-17(13)23/h2-5,7-9,12,14-15,18,25H,6H2,1H3,(H2,19,20,21)/t9-,12+,14+,15+,18+,33+/m0/s1. The van der Waals surface area contributed by atoms with Crippen LogP contribution in [-0.4, -0.2) is 54.5 Å². The van der Waals surface area contributed by atoms with Crippen molar-refractivity contribution in [3.63, 3.8) is 0 Å². The molecule has 2 saturated heterocycles. The molecule has 1 aromatic carbocycles. The van der Waals surface area contributed by atoms with E-state index in [2.05, 4.69) is 15.0 Å². The van der Waals surface area contributed by atoms with E-state index in [4.69, 9.17) is 24.0 Å². The van der Waals surface area contributed by atoms with Crippen LogP contribution in [0.15, 0.2) is 36.9 Å². The molecule has 0 radical (unpaired) electrons. The fourth-order valence-corrected chi connectivity index (χ4v) is 5.48. The van der Waals surface area contributed by atoms with Crippen LogP contribution in [0.4, 0.5) is 11.5 Å².